The summed E-state index contributed by atoms with van der Waals surface area (Å²) >= 11 is 0. The van der Waals surface area contributed by atoms with E-state index in [0.717, 1.165) is 23.5 Å². The van der Waals surface area contributed by atoms with Gasteiger partial charge < -0.3 is 10.1 Å². The van der Waals surface area contributed by atoms with Gasteiger partial charge in [0.05, 0.1) is 17.6 Å². The van der Waals surface area contributed by atoms with E-state index in [4.69, 9.17) is 9.72 Å². The molecule has 1 unspecified atom stereocenters. The molecule has 1 spiro atoms. The molecule has 1 N–H and O–H groups in total. The lowest BCUT2D eigenvalue weighted by molar-refractivity contribution is 0.134. The normalized spacial score (nSPS) is 36.7. The topological polar surface area (TPSA) is 49.0 Å². The molecule has 5 rings (SSSR count). The van der Waals surface area contributed by atoms with Crippen molar-refractivity contribution in [2.75, 3.05) is 6.61 Å². The molecule has 4 nitrogen and oxygen atoms in total. The number of aromatic nitrogens is 2. The Bertz CT molecular complexity index is 709. The zero-order valence-electron chi connectivity index (χ0n) is 12.4. The van der Waals surface area contributed by atoms with E-state index in [1.54, 1.807) is 0 Å². The van der Waals surface area contributed by atoms with Crippen molar-refractivity contribution < 1.29 is 4.74 Å². The summed E-state index contributed by atoms with van der Waals surface area (Å²) in [5.41, 5.74) is 2.81. The van der Waals surface area contributed by atoms with E-state index in [9.17, 15) is 0 Å². The number of nitrogens with one attached hydrogen (secondary N) is 1. The first-order valence-corrected chi connectivity index (χ1v) is 8.19. The fourth-order valence-corrected chi connectivity index (χ4v) is 4.70. The third-order valence-electron chi connectivity index (χ3n) is 5.88. The molecule has 1 aliphatic heterocycles. The van der Waals surface area contributed by atoms with Crippen molar-refractivity contribution >= 4 is 11.0 Å². The average Bonchev–Trinajstić information content (AvgIpc) is 3.12. The maximum atomic E-state index is 5.83. The number of fused-ring (bicyclic) bond motifs is 1. The van der Waals surface area contributed by atoms with Crippen LogP contribution in [0.3, 0.4) is 0 Å². The van der Waals surface area contributed by atoms with Crippen molar-refractivity contribution in [3.63, 3.8) is 0 Å². The van der Waals surface area contributed by atoms with Crippen LogP contribution in [0.25, 0.3) is 11.0 Å². The molecule has 1 saturated heterocycles. The Hall–Kier alpha value is -1.55. The van der Waals surface area contributed by atoms with E-state index >= 15 is 0 Å². The molecule has 2 saturated carbocycles. The molecule has 2 aromatic rings. The Balaban J connectivity index is 1.58. The van der Waals surface area contributed by atoms with E-state index in [1.807, 2.05) is 6.92 Å². The SMILES string of the molecule is CCOc1nc2ccccc2n1[C@@H]1C[C@@H]2CCC23N[C@H]3C1. The summed E-state index contributed by atoms with van der Waals surface area (Å²) in [5, 5.41) is 3.76. The van der Waals surface area contributed by atoms with Crippen LogP contribution in [0.15, 0.2) is 24.3 Å². The van der Waals surface area contributed by atoms with Crippen molar-refractivity contribution in [3.05, 3.63) is 24.3 Å². The highest BCUT2D eigenvalue weighted by Gasteiger charge is 2.66. The van der Waals surface area contributed by atoms with Gasteiger partial charge in [-0.2, -0.15) is 4.98 Å². The van der Waals surface area contributed by atoms with Gasteiger partial charge in [-0.1, -0.05) is 12.1 Å². The van der Waals surface area contributed by atoms with Gasteiger partial charge in [0.1, 0.15) is 0 Å². The molecular weight excluding hydrogens is 262 g/mol. The van der Waals surface area contributed by atoms with Crippen LogP contribution in [0.4, 0.5) is 0 Å². The van der Waals surface area contributed by atoms with Crippen LogP contribution in [0.1, 0.15) is 38.6 Å². The average molecular weight is 283 g/mol. The van der Waals surface area contributed by atoms with Crippen LogP contribution in [-0.4, -0.2) is 27.7 Å². The van der Waals surface area contributed by atoms with E-state index in [0.29, 0.717) is 18.2 Å². The summed E-state index contributed by atoms with van der Waals surface area (Å²) in [6.45, 7) is 2.70. The molecule has 1 aromatic carbocycles. The molecule has 21 heavy (non-hydrogen) atoms. The third-order valence-corrected chi connectivity index (χ3v) is 5.88. The van der Waals surface area contributed by atoms with Gasteiger partial charge in [-0.15, -0.1) is 0 Å². The first kappa shape index (κ1) is 12.0. The zero-order chi connectivity index (χ0) is 14.0. The number of nitrogens with zero attached hydrogens (tertiary/aromatic N) is 2. The molecule has 0 radical (unpaired) electrons. The minimum Gasteiger partial charge on any atom is -0.465 e. The molecule has 110 valence electrons. The second-order valence-corrected chi connectivity index (χ2v) is 6.78. The van der Waals surface area contributed by atoms with Crippen LogP contribution >= 0.6 is 0 Å². The van der Waals surface area contributed by atoms with Gasteiger partial charge in [0.25, 0.3) is 6.01 Å². The predicted octanol–water partition coefficient (Wildman–Crippen LogP) is 2.89. The van der Waals surface area contributed by atoms with Gasteiger partial charge in [0, 0.05) is 17.6 Å². The van der Waals surface area contributed by atoms with Crippen LogP contribution in [0.5, 0.6) is 6.01 Å². The molecule has 1 aromatic heterocycles. The first-order valence-electron chi connectivity index (χ1n) is 8.19. The number of para-hydroxylation sites is 2. The van der Waals surface area contributed by atoms with Crippen molar-refractivity contribution in [2.24, 2.45) is 5.92 Å². The minimum absolute atomic E-state index is 0.525. The summed E-state index contributed by atoms with van der Waals surface area (Å²) < 4.78 is 8.20. The van der Waals surface area contributed by atoms with Crippen LogP contribution in [-0.2, 0) is 0 Å². The number of ether oxygens (including phenoxy) is 1. The highest BCUT2D eigenvalue weighted by Crippen LogP contribution is 2.59. The van der Waals surface area contributed by atoms with Gasteiger partial charge in [0.2, 0.25) is 0 Å². The molecule has 0 bridgehead atoms. The summed E-state index contributed by atoms with van der Waals surface area (Å²) in [5.74, 6) is 0.858. The number of imidazole rings is 1. The molecule has 3 fully saturated rings. The standard InChI is InChI=1S/C17H21N3O/c1-2-21-16-18-13-5-3-4-6-14(13)20(16)12-9-11-7-8-17(11)15(10-12)19-17/h3-6,11-12,15,19H,2,7-10H2,1H3/t11-,12+,15-,17?/m0/s1. The molecule has 2 heterocycles. The minimum atomic E-state index is 0.525. The Morgan fingerprint density at radius 2 is 2.29 bits per heavy atom. The smallest absolute Gasteiger partial charge is 0.297 e. The van der Waals surface area contributed by atoms with E-state index < -0.39 is 0 Å². The van der Waals surface area contributed by atoms with E-state index in [-0.39, 0.29) is 0 Å². The van der Waals surface area contributed by atoms with E-state index in [2.05, 4.69) is 34.1 Å². The Labute approximate surface area is 124 Å². The fraction of sp³-hybridized carbons (Fsp3) is 0.588. The molecule has 3 aliphatic rings. The summed E-state index contributed by atoms with van der Waals surface area (Å²) in [6, 6.07) is 10.5. The lowest BCUT2D eigenvalue weighted by Gasteiger charge is -2.43. The Morgan fingerprint density at radius 1 is 1.38 bits per heavy atom. The fourth-order valence-electron chi connectivity index (χ4n) is 4.70. The molecular formula is C17H21N3O. The second kappa shape index (κ2) is 4.01. The summed E-state index contributed by atoms with van der Waals surface area (Å²) in [6.07, 6.45) is 5.26. The van der Waals surface area contributed by atoms with Crippen molar-refractivity contribution in [3.8, 4) is 6.01 Å². The number of rotatable bonds is 3. The molecule has 2 aliphatic carbocycles. The summed E-state index contributed by atoms with van der Waals surface area (Å²) in [4.78, 5) is 4.70. The zero-order valence-corrected chi connectivity index (χ0v) is 12.4. The maximum Gasteiger partial charge on any atom is 0.297 e. The third kappa shape index (κ3) is 1.51. The second-order valence-electron chi connectivity index (χ2n) is 6.78. The largest absolute Gasteiger partial charge is 0.465 e. The quantitative estimate of drug-likeness (QED) is 0.881. The van der Waals surface area contributed by atoms with Crippen molar-refractivity contribution in [2.45, 2.75) is 50.2 Å². The number of benzene rings is 1. The monoisotopic (exact) mass is 283 g/mol. The number of hydrogen-bond acceptors (Lipinski definition) is 3. The van der Waals surface area contributed by atoms with Crippen molar-refractivity contribution in [1.29, 1.82) is 0 Å². The molecule has 4 atom stereocenters. The van der Waals surface area contributed by atoms with Gasteiger partial charge in [0.15, 0.2) is 0 Å². The number of hydrogen-bond donors (Lipinski definition) is 1. The van der Waals surface area contributed by atoms with Gasteiger partial charge in [-0.3, -0.25) is 4.57 Å². The first-order chi connectivity index (χ1) is 10.3. The Morgan fingerprint density at radius 3 is 3.05 bits per heavy atom. The van der Waals surface area contributed by atoms with E-state index in [1.165, 1.54) is 31.2 Å². The molecule has 4 heteroatoms. The van der Waals surface area contributed by atoms with Crippen LogP contribution in [0.2, 0.25) is 0 Å². The van der Waals surface area contributed by atoms with Crippen LogP contribution in [0, 0.1) is 5.92 Å². The Kier molecular flexibility index (Phi) is 2.30. The lowest BCUT2D eigenvalue weighted by Crippen LogP contribution is -2.44. The predicted molar refractivity (Wildman–Crippen MR) is 81.6 cm³/mol. The summed E-state index contributed by atoms with van der Waals surface area (Å²) in [7, 11) is 0. The van der Waals surface area contributed by atoms with Gasteiger partial charge in [-0.25, -0.2) is 0 Å². The van der Waals surface area contributed by atoms with Gasteiger partial charge in [-0.05, 0) is 50.7 Å². The maximum absolute atomic E-state index is 5.83. The highest BCUT2D eigenvalue weighted by molar-refractivity contribution is 5.76. The van der Waals surface area contributed by atoms with Gasteiger partial charge >= 0.3 is 0 Å². The van der Waals surface area contributed by atoms with Crippen molar-refractivity contribution in [1.82, 2.24) is 14.9 Å². The molecule has 0 amide bonds. The lowest BCUT2D eigenvalue weighted by atomic mass is 9.63. The highest BCUT2D eigenvalue weighted by atomic mass is 16.5. The van der Waals surface area contributed by atoms with Crippen LogP contribution < -0.4 is 10.1 Å².